The lowest BCUT2D eigenvalue weighted by Gasteiger charge is -2.15. The summed E-state index contributed by atoms with van der Waals surface area (Å²) in [6.07, 6.45) is 11.4. The maximum atomic E-state index is 12.2. The Morgan fingerprint density at radius 3 is 2.59 bits per heavy atom. The average molecular weight is 297 g/mol. The highest BCUT2D eigenvalue weighted by molar-refractivity contribution is 5.78. The van der Waals surface area contributed by atoms with E-state index in [2.05, 4.69) is 10.4 Å². The van der Waals surface area contributed by atoms with Crippen molar-refractivity contribution in [2.75, 3.05) is 0 Å². The van der Waals surface area contributed by atoms with Crippen molar-refractivity contribution >= 4 is 5.91 Å². The van der Waals surface area contributed by atoms with Crippen LogP contribution in [0.4, 0.5) is 0 Å². The number of nitrogens with zero attached hydrogens (tertiary/aromatic N) is 2. The fraction of sp³-hybridized carbons (Fsp3) is 0.444. The molecule has 1 amide bonds. The first kappa shape index (κ1) is 14.8. The molecule has 0 bridgehead atoms. The van der Waals surface area contributed by atoms with Crippen molar-refractivity contribution in [2.45, 2.75) is 51.0 Å². The summed E-state index contributed by atoms with van der Waals surface area (Å²) in [7, 11) is 0. The van der Waals surface area contributed by atoms with Gasteiger partial charge in [-0.3, -0.25) is 4.79 Å². The third-order valence-electron chi connectivity index (χ3n) is 4.24. The zero-order valence-corrected chi connectivity index (χ0v) is 12.9. The Kier molecular flexibility index (Phi) is 4.88. The van der Waals surface area contributed by atoms with E-state index in [1.807, 2.05) is 41.2 Å². The van der Waals surface area contributed by atoms with Gasteiger partial charge in [-0.15, -0.1) is 0 Å². The fourth-order valence-corrected chi connectivity index (χ4v) is 3.06. The molecule has 4 heteroatoms. The molecule has 1 aliphatic carbocycles. The van der Waals surface area contributed by atoms with Gasteiger partial charge in [-0.25, -0.2) is 4.68 Å². The Labute approximate surface area is 131 Å². The predicted octanol–water partition coefficient (Wildman–Crippen LogP) is 3.25. The molecule has 0 unspecified atom stereocenters. The Morgan fingerprint density at radius 1 is 1.14 bits per heavy atom. The highest BCUT2D eigenvalue weighted by atomic mass is 16.1. The molecule has 4 nitrogen and oxygen atoms in total. The van der Waals surface area contributed by atoms with Gasteiger partial charge in [0.2, 0.25) is 5.91 Å². The Bertz CT molecular complexity index is 598. The molecule has 1 aromatic carbocycles. The minimum absolute atomic E-state index is 0.111. The van der Waals surface area contributed by atoms with Crippen molar-refractivity contribution in [1.82, 2.24) is 15.1 Å². The number of para-hydroxylation sites is 1. The number of carbonyl (C=O) groups is 1. The second kappa shape index (κ2) is 7.25. The molecule has 0 atom stereocenters. The lowest BCUT2D eigenvalue weighted by molar-refractivity contribution is -0.121. The molecule has 0 saturated heterocycles. The number of hydrogen-bond acceptors (Lipinski definition) is 2. The molecule has 22 heavy (non-hydrogen) atoms. The van der Waals surface area contributed by atoms with Crippen LogP contribution in [0.5, 0.6) is 0 Å². The van der Waals surface area contributed by atoms with Crippen LogP contribution in [0.1, 0.15) is 44.1 Å². The van der Waals surface area contributed by atoms with E-state index in [1.54, 1.807) is 6.20 Å². The quantitative estimate of drug-likeness (QED) is 0.881. The fourth-order valence-electron chi connectivity index (χ4n) is 3.06. The van der Waals surface area contributed by atoms with Crippen molar-refractivity contribution in [2.24, 2.45) is 0 Å². The van der Waals surface area contributed by atoms with Crippen LogP contribution in [0.25, 0.3) is 5.69 Å². The second-order valence-electron chi connectivity index (χ2n) is 6.06. The van der Waals surface area contributed by atoms with Gasteiger partial charge in [0.15, 0.2) is 0 Å². The van der Waals surface area contributed by atoms with Gasteiger partial charge in [-0.1, -0.05) is 43.9 Å². The smallest absolute Gasteiger partial charge is 0.224 e. The largest absolute Gasteiger partial charge is 0.353 e. The summed E-state index contributed by atoms with van der Waals surface area (Å²) in [6, 6.07) is 10.3. The van der Waals surface area contributed by atoms with E-state index in [4.69, 9.17) is 0 Å². The van der Waals surface area contributed by atoms with E-state index in [-0.39, 0.29) is 5.91 Å². The monoisotopic (exact) mass is 297 g/mol. The maximum absolute atomic E-state index is 12.2. The molecule has 3 rings (SSSR count). The second-order valence-corrected chi connectivity index (χ2v) is 6.06. The molecular formula is C18H23N3O. The van der Waals surface area contributed by atoms with Gasteiger partial charge in [0, 0.05) is 12.2 Å². The molecule has 2 aromatic rings. The van der Waals surface area contributed by atoms with Crippen molar-refractivity contribution in [3.8, 4) is 5.69 Å². The summed E-state index contributed by atoms with van der Waals surface area (Å²) in [6.45, 7) is 0. The van der Waals surface area contributed by atoms with Crippen LogP contribution in [-0.4, -0.2) is 21.7 Å². The normalized spacial score (nSPS) is 16.2. The number of hydrogen-bond donors (Lipinski definition) is 1. The number of benzene rings is 1. The number of carbonyl (C=O) groups excluding carboxylic acids is 1. The molecular weight excluding hydrogens is 274 g/mol. The van der Waals surface area contributed by atoms with Gasteiger partial charge in [-0.2, -0.15) is 5.10 Å². The Balaban J connectivity index is 1.56. The molecule has 1 aromatic heterocycles. The molecule has 0 aliphatic heterocycles. The van der Waals surface area contributed by atoms with Crippen LogP contribution >= 0.6 is 0 Å². The lowest BCUT2D eigenvalue weighted by Crippen LogP contribution is -2.35. The van der Waals surface area contributed by atoms with E-state index in [0.29, 0.717) is 12.5 Å². The minimum atomic E-state index is 0.111. The van der Waals surface area contributed by atoms with Crippen LogP contribution in [0.15, 0.2) is 42.7 Å². The molecule has 1 fully saturated rings. The maximum Gasteiger partial charge on any atom is 0.224 e. The van der Waals surface area contributed by atoms with E-state index < -0.39 is 0 Å². The number of nitrogens with one attached hydrogen (secondary N) is 1. The van der Waals surface area contributed by atoms with Gasteiger partial charge >= 0.3 is 0 Å². The van der Waals surface area contributed by atoms with Gasteiger partial charge in [0.05, 0.1) is 18.3 Å². The zero-order valence-electron chi connectivity index (χ0n) is 12.9. The third kappa shape index (κ3) is 3.97. The number of aromatic nitrogens is 2. The van der Waals surface area contributed by atoms with Crippen molar-refractivity contribution < 1.29 is 4.79 Å². The highest BCUT2D eigenvalue weighted by Crippen LogP contribution is 2.17. The predicted molar refractivity (Wildman–Crippen MR) is 86.9 cm³/mol. The van der Waals surface area contributed by atoms with Gasteiger partial charge in [0.1, 0.15) is 0 Å². The molecule has 1 saturated carbocycles. The van der Waals surface area contributed by atoms with Crippen LogP contribution in [0, 0.1) is 0 Å². The highest BCUT2D eigenvalue weighted by Gasteiger charge is 2.15. The summed E-state index contributed by atoms with van der Waals surface area (Å²) in [5.74, 6) is 0.111. The van der Waals surface area contributed by atoms with E-state index in [1.165, 1.54) is 25.7 Å². The number of rotatable bonds is 4. The molecule has 1 aliphatic rings. The Morgan fingerprint density at radius 2 is 1.86 bits per heavy atom. The van der Waals surface area contributed by atoms with Crippen LogP contribution in [0.2, 0.25) is 0 Å². The summed E-state index contributed by atoms with van der Waals surface area (Å²) >= 11 is 0. The lowest BCUT2D eigenvalue weighted by atomic mass is 10.1. The van der Waals surface area contributed by atoms with E-state index in [9.17, 15) is 4.79 Å². The van der Waals surface area contributed by atoms with Gasteiger partial charge in [0.25, 0.3) is 0 Å². The summed E-state index contributed by atoms with van der Waals surface area (Å²) in [5.41, 5.74) is 1.97. The van der Waals surface area contributed by atoms with E-state index >= 15 is 0 Å². The topological polar surface area (TPSA) is 46.9 Å². The van der Waals surface area contributed by atoms with Crippen molar-refractivity contribution in [3.05, 3.63) is 48.3 Å². The van der Waals surface area contributed by atoms with Gasteiger partial charge in [-0.05, 0) is 30.5 Å². The first-order valence-electron chi connectivity index (χ1n) is 8.19. The molecule has 1 N–H and O–H groups in total. The van der Waals surface area contributed by atoms with Crippen LogP contribution < -0.4 is 5.32 Å². The molecule has 0 spiro atoms. The van der Waals surface area contributed by atoms with Crippen LogP contribution in [0.3, 0.4) is 0 Å². The average Bonchev–Trinajstić information content (AvgIpc) is 2.84. The first-order chi connectivity index (χ1) is 10.8. The van der Waals surface area contributed by atoms with Crippen LogP contribution in [-0.2, 0) is 11.2 Å². The standard InChI is InChI=1S/C18H23N3O/c22-18(20-16-8-4-1-2-5-9-16)12-15-13-19-21(14-15)17-10-6-3-7-11-17/h3,6-7,10-11,13-14,16H,1-2,4-5,8-9,12H2,(H,20,22). The molecule has 116 valence electrons. The zero-order chi connectivity index (χ0) is 15.2. The summed E-state index contributed by atoms with van der Waals surface area (Å²) in [4.78, 5) is 12.2. The Hall–Kier alpha value is -2.10. The summed E-state index contributed by atoms with van der Waals surface area (Å²) in [5, 5.41) is 7.52. The SMILES string of the molecule is O=C(Cc1cnn(-c2ccccc2)c1)NC1CCCCCC1. The molecule has 1 heterocycles. The third-order valence-corrected chi connectivity index (χ3v) is 4.24. The van der Waals surface area contributed by atoms with E-state index in [0.717, 1.165) is 24.1 Å². The van der Waals surface area contributed by atoms with Crippen molar-refractivity contribution in [3.63, 3.8) is 0 Å². The molecule has 0 radical (unpaired) electrons. The number of amides is 1. The van der Waals surface area contributed by atoms with Crippen molar-refractivity contribution in [1.29, 1.82) is 0 Å². The first-order valence-corrected chi connectivity index (χ1v) is 8.19. The minimum Gasteiger partial charge on any atom is -0.353 e. The van der Waals surface area contributed by atoms with Gasteiger partial charge < -0.3 is 5.32 Å². The summed E-state index contributed by atoms with van der Waals surface area (Å²) < 4.78 is 1.81.